The van der Waals surface area contributed by atoms with Gasteiger partial charge in [-0.05, 0) is 48.9 Å². The van der Waals surface area contributed by atoms with Crippen LogP contribution in [-0.4, -0.2) is 70.9 Å². The summed E-state index contributed by atoms with van der Waals surface area (Å²) in [5.41, 5.74) is 1.19. The number of carbonyl (C=O) groups excluding carboxylic acids is 1. The van der Waals surface area contributed by atoms with Gasteiger partial charge in [0.2, 0.25) is 0 Å². The Hall–Kier alpha value is -3.14. The Morgan fingerprint density at radius 2 is 2.06 bits per heavy atom. The molecule has 1 aromatic carbocycles. The number of likely N-dealkylation sites (tertiary alicyclic amines) is 1. The first kappa shape index (κ1) is 21.7. The Morgan fingerprint density at radius 1 is 1.24 bits per heavy atom. The number of nitrogens with one attached hydrogen (secondary N) is 1. The fourth-order valence-corrected chi connectivity index (χ4v) is 4.90. The first-order valence-electron chi connectivity index (χ1n) is 11.1. The van der Waals surface area contributed by atoms with Gasteiger partial charge < -0.3 is 20.2 Å². The Labute approximate surface area is 191 Å². The van der Waals surface area contributed by atoms with E-state index in [4.69, 9.17) is 4.98 Å². The molecule has 5 rings (SSSR count). The summed E-state index contributed by atoms with van der Waals surface area (Å²) in [6.45, 7) is 0.764. The molecule has 0 saturated carbocycles. The molecule has 2 fully saturated rings. The number of aliphatic hydroxyl groups excluding tert-OH is 1. The van der Waals surface area contributed by atoms with Gasteiger partial charge in [0.25, 0.3) is 0 Å². The fraction of sp³-hybridized carbons (Fsp3) is 0.381. The van der Waals surface area contributed by atoms with Crippen LogP contribution >= 0.6 is 0 Å². The molecule has 2 N–H and O–H groups in total. The topological polar surface area (TPSA) is 86.0 Å². The highest BCUT2D eigenvalue weighted by Crippen LogP contribution is 2.43. The van der Waals surface area contributed by atoms with Crippen LogP contribution in [0, 0.1) is 11.6 Å². The molecule has 2 aromatic heterocycles. The smallest absolute Gasteiger partial charge is 0.322 e. The van der Waals surface area contributed by atoms with Crippen LogP contribution in [0.5, 0.6) is 0 Å². The maximum absolute atomic E-state index is 14.7. The number of β-amino-alcohol motifs (C(OH)–C–C–N with tert-alkyl or cyclic N) is 1. The van der Waals surface area contributed by atoms with E-state index < -0.39 is 17.7 Å². The number of hydrogen-bond donors (Lipinski definition) is 2. The van der Waals surface area contributed by atoms with Crippen molar-refractivity contribution >= 4 is 38.9 Å². The van der Waals surface area contributed by atoms with Gasteiger partial charge in [0.05, 0.1) is 18.3 Å². The molecule has 1 unspecified atom stereocenters. The summed E-state index contributed by atoms with van der Waals surface area (Å²) in [6.07, 6.45) is 4.73. The lowest BCUT2D eigenvalue weighted by Gasteiger charge is -2.38. The molecule has 12 heteroatoms. The third-order valence-electron chi connectivity index (χ3n) is 6.60. The average molecular weight is 452 g/mol. The minimum Gasteiger partial charge on any atom is -0.391 e. The van der Waals surface area contributed by atoms with Crippen LogP contribution in [0.2, 0.25) is 0 Å². The summed E-state index contributed by atoms with van der Waals surface area (Å²) in [6, 6.07) is 4.62. The summed E-state index contributed by atoms with van der Waals surface area (Å²) in [7, 11) is 4.10. The van der Waals surface area contributed by atoms with Gasteiger partial charge in [-0.3, -0.25) is 0 Å². The lowest BCUT2D eigenvalue weighted by molar-refractivity contribution is 0.176. The number of benzene rings is 1. The van der Waals surface area contributed by atoms with E-state index in [0.29, 0.717) is 42.1 Å². The third-order valence-corrected chi connectivity index (χ3v) is 6.60. The van der Waals surface area contributed by atoms with E-state index in [1.54, 1.807) is 21.7 Å². The predicted octanol–water partition coefficient (Wildman–Crippen LogP) is 0.867. The molecular weight excluding hydrogens is 428 g/mol. The molecule has 0 radical (unpaired) electrons. The van der Waals surface area contributed by atoms with E-state index in [0.717, 1.165) is 18.6 Å². The van der Waals surface area contributed by atoms with Crippen molar-refractivity contribution in [3.8, 4) is 0 Å². The lowest BCUT2D eigenvalue weighted by Crippen LogP contribution is -2.46. The average Bonchev–Trinajstić information content (AvgIpc) is 3.46. The Bertz CT molecular complexity index is 1220. The molecule has 8 nitrogen and oxygen atoms in total. The summed E-state index contributed by atoms with van der Waals surface area (Å²) in [5, 5.41) is 16.5. The maximum atomic E-state index is 14.7. The zero-order valence-electron chi connectivity index (χ0n) is 18.5. The number of anilines is 2. The second kappa shape index (κ2) is 8.02. The molecule has 33 heavy (non-hydrogen) atoms. The molecule has 0 aliphatic carbocycles. The Kier molecular flexibility index (Phi) is 5.27. The number of amides is 2. The second-order valence-corrected chi connectivity index (χ2v) is 9.33. The number of halogens is 2. The number of aliphatic hydroxyl groups is 1. The highest BCUT2D eigenvalue weighted by Gasteiger charge is 2.41. The van der Waals surface area contributed by atoms with E-state index in [2.05, 4.69) is 10.4 Å². The highest BCUT2D eigenvalue weighted by molar-refractivity contribution is 6.42. The van der Waals surface area contributed by atoms with Gasteiger partial charge in [-0.15, -0.1) is 0 Å². The SMILES string of the molecule is BC1(B)CCC(c2cc(F)ccc2F)N1c1ccn2ncc(NC(=O)N3CC[C@H](O)C3)c2n1. The maximum Gasteiger partial charge on any atom is 0.322 e. The van der Waals surface area contributed by atoms with E-state index in [1.165, 1.54) is 12.3 Å². The van der Waals surface area contributed by atoms with Crippen LogP contribution in [-0.2, 0) is 0 Å². The van der Waals surface area contributed by atoms with Crippen LogP contribution in [0.1, 0.15) is 30.9 Å². The standard InChI is InChI=1S/C21H24B2F2N6O2/c22-21(23)6-3-17(14-9-12(24)1-2-15(14)25)31(21)18-5-8-30-19(28-18)16(10-26-30)27-20(33)29-7-4-13(32)11-29/h1-2,5,8-10,13,17,32H,3-4,6-7,11,22-23H2,(H,27,33)/t13-,17?/m0/s1. The number of carbonyl (C=O) groups is 1. The molecule has 0 spiro atoms. The van der Waals surface area contributed by atoms with Crippen molar-refractivity contribution < 1.29 is 18.7 Å². The van der Waals surface area contributed by atoms with Crippen LogP contribution in [0.3, 0.4) is 0 Å². The Morgan fingerprint density at radius 3 is 2.82 bits per heavy atom. The van der Waals surface area contributed by atoms with Gasteiger partial charge in [0, 0.05) is 24.8 Å². The number of rotatable bonds is 3. The zero-order valence-corrected chi connectivity index (χ0v) is 18.5. The van der Waals surface area contributed by atoms with Crippen molar-refractivity contribution in [3.63, 3.8) is 0 Å². The van der Waals surface area contributed by atoms with Gasteiger partial charge in [-0.25, -0.2) is 23.1 Å². The molecule has 2 amide bonds. The first-order chi connectivity index (χ1) is 15.7. The number of fused-ring (bicyclic) bond motifs is 1. The monoisotopic (exact) mass is 452 g/mol. The summed E-state index contributed by atoms with van der Waals surface area (Å²) >= 11 is 0. The molecule has 3 aromatic rings. The largest absolute Gasteiger partial charge is 0.391 e. The summed E-state index contributed by atoms with van der Waals surface area (Å²) < 4.78 is 30.1. The molecule has 0 bridgehead atoms. The minimum atomic E-state index is -0.512. The van der Waals surface area contributed by atoms with Crippen LogP contribution in [0.4, 0.5) is 25.1 Å². The first-order valence-corrected chi connectivity index (χ1v) is 11.1. The molecular formula is C21H24B2F2N6O2. The molecule has 170 valence electrons. The number of nitrogens with zero attached hydrogens (tertiary/aromatic N) is 5. The van der Waals surface area contributed by atoms with Crippen LogP contribution in [0.15, 0.2) is 36.7 Å². The van der Waals surface area contributed by atoms with E-state index in [-0.39, 0.29) is 24.0 Å². The van der Waals surface area contributed by atoms with Crippen molar-refractivity contribution in [2.75, 3.05) is 23.3 Å². The van der Waals surface area contributed by atoms with Gasteiger partial charge in [-0.1, -0.05) is 0 Å². The van der Waals surface area contributed by atoms with Crippen molar-refractivity contribution in [2.24, 2.45) is 0 Å². The molecule has 2 aliphatic heterocycles. The van der Waals surface area contributed by atoms with Gasteiger partial charge in [-0.2, -0.15) is 5.10 Å². The summed E-state index contributed by atoms with van der Waals surface area (Å²) in [5.74, 6) is -0.339. The van der Waals surface area contributed by atoms with Crippen molar-refractivity contribution in [1.29, 1.82) is 0 Å². The molecule has 2 saturated heterocycles. The van der Waals surface area contributed by atoms with Crippen molar-refractivity contribution in [2.45, 2.75) is 36.7 Å². The van der Waals surface area contributed by atoms with Crippen molar-refractivity contribution in [3.05, 3.63) is 53.9 Å². The minimum absolute atomic E-state index is 0.284. The molecule has 4 heterocycles. The highest BCUT2D eigenvalue weighted by atomic mass is 19.1. The quantitative estimate of drug-likeness (QED) is 0.577. The van der Waals surface area contributed by atoms with Gasteiger partial charge >= 0.3 is 6.03 Å². The third kappa shape index (κ3) is 3.92. The van der Waals surface area contributed by atoms with E-state index in [1.807, 2.05) is 20.6 Å². The molecule has 2 atom stereocenters. The van der Waals surface area contributed by atoms with Crippen LogP contribution in [0.25, 0.3) is 5.65 Å². The predicted molar refractivity (Wildman–Crippen MR) is 125 cm³/mol. The number of urea groups is 1. The zero-order chi connectivity index (χ0) is 23.3. The van der Waals surface area contributed by atoms with Crippen LogP contribution < -0.4 is 10.2 Å². The molecule has 2 aliphatic rings. The second-order valence-electron chi connectivity index (χ2n) is 9.33. The number of aromatic nitrogens is 3. The Balaban J connectivity index is 1.50. The normalized spacial score (nSPS) is 22.3. The van der Waals surface area contributed by atoms with Crippen molar-refractivity contribution in [1.82, 2.24) is 19.5 Å². The number of hydrogen-bond acceptors (Lipinski definition) is 5. The van der Waals surface area contributed by atoms with Gasteiger partial charge in [0.1, 0.15) is 38.8 Å². The summed E-state index contributed by atoms with van der Waals surface area (Å²) in [4.78, 5) is 20.9. The fourth-order valence-electron chi connectivity index (χ4n) is 4.90. The van der Waals surface area contributed by atoms with Gasteiger partial charge in [0.15, 0.2) is 5.65 Å². The van der Waals surface area contributed by atoms with E-state index >= 15 is 0 Å². The van der Waals surface area contributed by atoms with E-state index in [9.17, 15) is 18.7 Å². The lowest BCUT2D eigenvalue weighted by atomic mass is 9.60.